The summed E-state index contributed by atoms with van der Waals surface area (Å²) in [4.78, 5) is 5.12. The van der Waals surface area contributed by atoms with Crippen molar-refractivity contribution >= 4 is 0 Å². The normalized spacial score (nSPS) is 14.0. The molecule has 0 spiro atoms. The lowest BCUT2D eigenvalue weighted by atomic mass is 9.70. The smallest absolute Gasteiger partial charge is 0.0215 e. The monoisotopic (exact) mass is 476 g/mol. The minimum absolute atomic E-state index is 0.213. The fourth-order valence-corrected chi connectivity index (χ4v) is 6.39. The van der Waals surface area contributed by atoms with Crippen molar-refractivity contribution in [3.8, 4) is 11.1 Å². The van der Waals surface area contributed by atoms with Gasteiger partial charge < -0.3 is 9.80 Å². The minimum atomic E-state index is 0.213. The molecule has 0 saturated heterocycles. The molecule has 0 atom stereocenters. The van der Waals surface area contributed by atoms with Crippen molar-refractivity contribution in [3.63, 3.8) is 0 Å². The zero-order valence-corrected chi connectivity index (χ0v) is 23.3. The number of fused-ring (bicyclic) bond motifs is 3. The Bertz CT molecular complexity index is 778. The van der Waals surface area contributed by atoms with E-state index in [-0.39, 0.29) is 5.41 Å². The van der Waals surface area contributed by atoms with E-state index in [1.165, 1.54) is 115 Å². The molecule has 35 heavy (non-hydrogen) atoms. The van der Waals surface area contributed by atoms with Gasteiger partial charge in [0.05, 0.1) is 0 Å². The first kappa shape index (κ1) is 27.9. The van der Waals surface area contributed by atoms with Crippen molar-refractivity contribution in [1.29, 1.82) is 0 Å². The van der Waals surface area contributed by atoms with Crippen LogP contribution in [0.5, 0.6) is 0 Å². The zero-order chi connectivity index (χ0) is 24.9. The van der Waals surface area contributed by atoms with Crippen LogP contribution in [-0.4, -0.2) is 49.1 Å². The average molecular weight is 477 g/mol. The van der Waals surface area contributed by atoms with Gasteiger partial charge >= 0.3 is 0 Å². The van der Waals surface area contributed by atoms with Gasteiger partial charge in [0.2, 0.25) is 0 Å². The van der Waals surface area contributed by atoms with Gasteiger partial charge in [-0.15, -0.1) is 0 Å². The summed E-state index contributed by atoms with van der Waals surface area (Å²) in [5.74, 6) is 0. The number of hydrogen-bond acceptors (Lipinski definition) is 2. The highest BCUT2D eigenvalue weighted by Crippen LogP contribution is 2.53. The number of nitrogens with zero attached hydrogens (tertiary/aromatic N) is 2. The first-order chi connectivity index (χ1) is 17.2. The van der Waals surface area contributed by atoms with Crippen LogP contribution in [0.2, 0.25) is 0 Å². The van der Waals surface area contributed by atoms with Gasteiger partial charge in [-0.3, -0.25) is 0 Å². The third kappa shape index (κ3) is 7.20. The van der Waals surface area contributed by atoms with E-state index in [4.69, 9.17) is 0 Å². The largest absolute Gasteiger partial charge is 0.304 e. The van der Waals surface area contributed by atoms with Gasteiger partial charge in [0.25, 0.3) is 0 Å². The minimum Gasteiger partial charge on any atom is -0.304 e. The maximum atomic E-state index is 2.56. The van der Waals surface area contributed by atoms with Crippen molar-refractivity contribution in [2.24, 2.45) is 0 Å². The van der Waals surface area contributed by atoms with Crippen molar-refractivity contribution in [1.82, 2.24) is 9.80 Å². The maximum Gasteiger partial charge on any atom is 0.0215 e. The van der Waals surface area contributed by atoms with Gasteiger partial charge in [0.1, 0.15) is 0 Å². The van der Waals surface area contributed by atoms with Crippen LogP contribution in [0, 0.1) is 0 Å². The summed E-state index contributed by atoms with van der Waals surface area (Å²) in [6.07, 6.45) is 13.4. The van der Waals surface area contributed by atoms with E-state index < -0.39 is 0 Å². The van der Waals surface area contributed by atoms with Gasteiger partial charge in [-0.2, -0.15) is 0 Å². The number of benzene rings is 2. The lowest BCUT2D eigenvalue weighted by Crippen LogP contribution is -2.26. The molecule has 194 valence electrons. The molecular formula is C33H52N2. The predicted octanol–water partition coefficient (Wildman–Crippen LogP) is 8.54. The van der Waals surface area contributed by atoms with Gasteiger partial charge in [-0.05, 0) is 87.2 Å². The predicted molar refractivity (Wildman–Crippen MR) is 154 cm³/mol. The standard InChI is InChI=1S/C33H52N2/c1-5-34(6-2)27-19-11-9-17-25-33(26-18-10-12-20-28-35(7-3)8-4)31-23-15-13-21-29(31)30-22-14-16-24-32(30)33/h13-16,21-24H,5-12,17-20,25-28H2,1-4H3. The fourth-order valence-electron chi connectivity index (χ4n) is 6.39. The summed E-state index contributed by atoms with van der Waals surface area (Å²) in [7, 11) is 0. The quantitative estimate of drug-likeness (QED) is 0.199. The molecule has 1 aliphatic rings. The zero-order valence-electron chi connectivity index (χ0n) is 23.3. The Morgan fingerprint density at radius 1 is 0.486 bits per heavy atom. The van der Waals surface area contributed by atoms with Crippen molar-refractivity contribution in [2.45, 2.75) is 97.3 Å². The summed E-state index contributed by atoms with van der Waals surface area (Å²) < 4.78 is 0. The highest BCUT2D eigenvalue weighted by molar-refractivity contribution is 5.80. The summed E-state index contributed by atoms with van der Waals surface area (Å²) in [5.41, 5.74) is 6.41. The maximum absolute atomic E-state index is 2.56. The van der Waals surface area contributed by atoms with Gasteiger partial charge in [0.15, 0.2) is 0 Å². The van der Waals surface area contributed by atoms with Crippen LogP contribution < -0.4 is 0 Å². The van der Waals surface area contributed by atoms with Crippen LogP contribution in [0.15, 0.2) is 48.5 Å². The number of hydrogen-bond donors (Lipinski definition) is 0. The van der Waals surface area contributed by atoms with Crippen LogP contribution in [0.3, 0.4) is 0 Å². The summed E-state index contributed by atoms with van der Waals surface area (Å²) in [6, 6.07) is 18.6. The summed E-state index contributed by atoms with van der Waals surface area (Å²) in [6.45, 7) is 16.4. The summed E-state index contributed by atoms with van der Waals surface area (Å²) in [5, 5.41) is 0. The second-order valence-corrected chi connectivity index (χ2v) is 10.6. The van der Waals surface area contributed by atoms with Crippen LogP contribution in [0.4, 0.5) is 0 Å². The van der Waals surface area contributed by atoms with Gasteiger partial charge in [-0.25, -0.2) is 0 Å². The molecule has 0 bridgehead atoms. The molecule has 2 aromatic carbocycles. The Hall–Kier alpha value is -1.64. The molecule has 0 radical (unpaired) electrons. The SMILES string of the molecule is CCN(CC)CCCCCCC1(CCCCCCN(CC)CC)c2ccccc2-c2ccccc21. The highest BCUT2D eigenvalue weighted by atomic mass is 15.1. The Labute approximate surface area is 217 Å². The molecule has 2 aromatic rings. The van der Waals surface area contributed by atoms with E-state index in [1.807, 2.05) is 0 Å². The fraction of sp³-hybridized carbons (Fsp3) is 0.636. The van der Waals surface area contributed by atoms with E-state index in [0.717, 1.165) is 0 Å². The molecule has 3 rings (SSSR count). The van der Waals surface area contributed by atoms with E-state index in [1.54, 1.807) is 11.1 Å². The lowest BCUT2D eigenvalue weighted by Gasteiger charge is -2.33. The molecule has 0 unspecified atom stereocenters. The van der Waals surface area contributed by atoms with Crippen molar-refractivity contribution < 1.29 is 0 Å². The Morgan fingerprint density at radius 2 is 0.857 bits per heavy atom. The van der Waals surface area contributed by atoms with Crippen LogP contribution in [0.25, 0.3) is 11.1 Å². The first-order valence-electron chi connectivity index (χ1n) is 14.8. The molecule has 0 aromatic heterocycles. The molecule has 2 heteroatoms. The average Bonchev–Trinajstić information content (AvgIpc) is 3.18. The Morgan fingerprint density at radius 3 is 1.26 bits per heavy atom. The molecule has 1 aliphatic carbocycles. The molecule has 0 amide bonds. The van der Waals surface area contributed by atoms with Gasteiger partial charge in [0, 0.05) is 5.41 Å². The molecule has 0 N–H and O–H groups in total. The summed E-state index contributed by atoms with van der Waals surface area (Å²) >= 11 is 0. The highest BCUT2D eigenvalue weighted by Gasteiger charge is 2.41. The van der Waals surface area contributed by atoms with E-state index in [2.05, 4.69) is 86.0 Å². The number of unbranched alkanes of at least 4 members (excludes halogenated alkanes) is 6. The topological polar surface area (TPSA) is 6.48 Å². The molecule has 2 nitrogen and oxygen atoms in total. The number of rotatable bonds is 18. The third-order valence-corrected chi connectivity index (χ3v) is 8.62. The van der Waals surface area contributed by atoms with Crippen molar-refractivity contribution in [2.75, 3.05) is 39.3 Å². The third-order valence-electron chi connectivity index (χ3n) is 8.62. The van der Waals surface area contributed by atoms with Crippen LogP contribution in [0.1, 0.15) is 103 Å². The van der Waals surface area contributed by atoms with E-state index in [9.17, 15) is 0 Å². The molecule has 0 saturated carbocycles. The lowest BCUT2D eigenvalue weighted by molar-refractivity contribution is 0.292. The van der Waals surface area contributed by atoms with Gasteiger partial charge in [-0.1, -0.05) is 115 Å². The molecule has 0 heterocycles. The van der Waals surface area contributed by atoms with Crippen LogP contribution in [-0.2, 0) is 5.41 Å². The Balaban J connectivity index is 1.63. The first-order valence-corrected chi connectivity index (χ1v) is 14.8. The van der Waals surface area contributed by atoms with E-state index in [0.29, 0.717) is 0 Å². The van der Waals surface area contributed by atoms with Crippen molar-refractivity contribution in [3.05, 3.63) is 59.7 Å². The molecular weight excluding hydrogens is 424 g/mol. The Kier molecular flexibility index (Phi) is 11.8. The molecule has 0 aliphatic heterocycles. The second kappa shape index (κ2) is 14.8. The van der Waals surface area contributed by atoms with E-state index >= 15 is 0 Å². The second-order valence-electron chi connectivity index (χ2n) is 10.6. The molecule has 0 fully saturated rings. The van der Waals surface area contributed by atoms with Crippen LogP contribution >= 0.6 is 0 Å².